The first-order valence-corrected chi connectivity index (χ1v) is 8.07. The molecule has 3 heterocycles. The largest absolute Gasteiger partial charge is 0.372 e. The maximum atomic E-state index is 6.11. The summed E-state index contributed by atoms with van der Waals surface area (Å²) >= 11 is 0. The Morgan fingerprint density at radius 3 is 2.91 bits per heavy atom. The predicted molar refractivity (Wildman–Crippen MR) is 85.0 cm³/mol. The van der Waals surface area contributed by atoms with Crippen LogP contribution in [0, 0.1) is 0 Å². The molecule has 1 aliphatic carbocycles. The molecule has 2 fully saturated rings. The molecule has 6 heteroatoms. The van der Waals surface area contributed by atoms with Crippen molar-refractivity contribution in [2.24, 2.45) is 0 Å². The first kappa shape index (κ1) is 14.5. The first-order chi connectivity index (χ1) is 11.4. The van der Waals surface area contributed by atoms with Crippen molar-refractivity contribution in [2.45, 2.75) is 37.7 Å². The van der Waals surface area contributed by atoms with Crippen molar-refractivity contribution in [3.8, 4) is 0 Å². The maximum Gasteiger partial charge on any atom is 0.225 e. The van der Waals surface area contributed by atoms with E-state index in [2.05, 4.69) is 19.9 Å². The Bertz CT molecular complexity index is 625. The van der Waals surface area contributed by atoms with E-state index in [1.165, 1.54) is 0 Å². The minimum atomic E-state index is 0.0872. The van der Waals surface area contributed by atoms with Gasteiger partial charge in [0.15, 0.2) is 0 Å². The van der Waals surface area contributed by atoms with E-state index in [9.17, 15) is 0 Å². The zero-order valence-corrected chi connectivity index (χ0v) is 12.9. The molecule has 1 saturated heterocycles. The quantitative estimate of drug-likeness (QED) is 0.858. The lowest BCUT2D eigenvalue weighted by molar-refractivity contribution is -0.0773. The summed E-state index contributed by atoms with van der Waals surface area (Å²) in [6, 6.07) is 6.10. The van der Waals surface area contributed by atoms with Crippen LogP contribution in [0.3, 0.4) is 0 Å². The second kappa shape index (κ2) is 6.60. The monoisotopic (exact) mass is 312 g/mol. The molecule has 0 N–H and O–H groups in total. The number of nitrogens with zero attached hydrogens (tertiary/aromatic N) is 4. The maximum absolute atomic E-state index is 6.11. The molecule has 2 aliphatic rings. The number of pyridine rings is 1. The zero-order chi connectivity index (χ0) is 15.5. The highest BCUT2D eigenvalue weighted by molar-refractivity contribution is 5.33. The van der Waals surface area contributed by atoms with E-state index >= 15 is 0 Å². The summed E-state index contributed by atoms with van der Waals surface area (Å²) in [5.41, 5.74) is 1.09. The fraction of sp³-hybridized carbons (Fsp3) is 0.471. The highest BCUT2D eigenvalue weighted by Crippen LogP contribution is 2.34. The summed E-state index contributed by atoms with van der Waals surface area (Å²) in [6.45, 7) is 2.10. The smallest absolute Gasteiger partial charge is 0.225 e. The van der Waals surface area contributed by atoms with Crippen LogP contribution in [-0.4, -0.2) is 46.4 Å². The summed E-state index contributed by atoms with van der Waals surface area (Å²) in [5, 5.41) is 0. The van der Waals surface area contributed by atoms with Crippen LogP contribution in [0.2, 0.25) is 0 Å². The summed E-state index contributed by atoms with van der Waals surface area (Å²) in [7, 11) is 0. The molecule has 3 atom stereocenters. The molecule has 23 heavy (non-hydrogen) atoms. The Kier molecular flexibility index (Phi) is 4.17. The highest BCUT2D eigenvalue weighted by Gasteiger charge is 2.44. The Balaban J connectivity index is 1.43. The molecule has 120 valence electrons. The Hall–Kier alpha value is -2.05. The van der Waals surface area contributed by atoms with Gasteiger partial charge in [-0.05, 0) is 30.5 Å². The van der Waals surface area contributed by atoms with E-state index in [1.807, 2.05) is 24.4 Å². The molecule has 2 aromatic rings. The lowest BCUT2D eigenvalue weighted by atomic mass is 10.1. The van der Waals surface area contributed by atoms with Crippen LogP contribution >= 0.6 is 0 Å². The molecule has 0 amide bonds. The van der Waals surface area contributed by atoms with Crippen LogP contribution in [-0.2, 0) is 16.1 Å². The van der Waals surface area contributed by atoms with Crippen LogP contribution in [0.1, 0.15) is 18.4 Å². The van der Waals surface area contributed by atoms with Gasteiger partial charge < -0.3 is 14.4 Å². The van der Waals surface area contributed by atoms with Gasteiger partial charge in [-0.2, -0.15) is 0 Å². The second-order valence-corrected chi connectivity index (χ2v) is 5.93. The Labute approximate surface area is 135 Å². The molecular weight excluding hydrogens is 292 g/mol. The topological polar surface area (TPSA) is 60.4 Å². The van der Waals surface area contributed by atoms with E-state index in [4.69, 9.17) is 9.47 Å². The molecule has 2 aromatic heterocycles. The van der Waals surface area contributed by atoms with E-state index in [0.29, 0.717) is 19.3 Å². The van der Waals surface area contributed by atoms with E-state index < -0.39 is 0 Å². The minimum Gasteiger partial charge on any atom is -0.372 e. The van der Waals surface area contributed by atoms with Gasteiger partial charge >= 0.3 is 0 Å². The van der Waals surface area contributed by atoms with Gasteiger partial charge in [-0.15, -0.1) is 0 Å². The Morgan fingerprint density at radius 1 is 1.17 bits per heavy atom. The molecule has 1 saturated carbocycles. The summed E-state index contributed by atoms with van der Waals surface area (Å²) < 4.78 is 12.1. The molecular formula is C17H20N4O2. The average Bonchev–Trinajstić information content (AvgIpc) is 3.05. The number of rotatable bonds is 4. The predicted octanol–water partition coefficient (Wildman–Crippen LogP) is 1.82. The molecule has 0 unspecified atom stereocenters. The lowest BCUT2D eigenvalue weighted by Crippen LogP contribution is -2.52. The van der Waals surface area contributed by atoms with Gasteiger partial charge in [0.1, 0.15) is 6.10 Å². The summed E-state index contributed by atoms with van der Waals surface area (Å²) in [5.74, 6) is 0.790. The zero-order valence-electron chi connectivity index (χ0n) is 12.9. The van der Waals surface area contributed by atoms with Gasteiger partial charge in [-0.25, -0.2) is 9.97 Å². The molecule has 4 rings (SSSR count). The Morgan fingerprint density at radius 2 is 2.09 bits per heavy atom. The number of hydrogen-bond acceptors (Lipinski definition) is 6. The van der Waals surface area contributed by atoms with Crippen molar-refractivity contribution in [2.75, 3.05) is 18.1 Å². The van der Waals surface area contributed by atoms with Gasteiger partial charge in [-0.1, -0.05) is 6.07 Å². The van der Waals surface area contributed by atoms with E-state index in [0.717, 1.165) is 30.9 Å². The fourth-order valence-electron chi connectivity index (χ4n) is 3.47. The fourth-order valence-corrected chi connectivity index (χ4v) is 3.47. The van der Waals surface area contributed by atoms with Crippen LogP contribution < -0.4 is 4.90 Å². The van der Waals surface area contributed by atoms with Crippen molar-refractivity contribution in [1.29, 1.82) is 0 Å². The number of ether oxygens (including phenoxy) is 2. The van der Waals surface area contributed by atoms with Crippen molar-refractivity contribution in [3.05, 3.63) is 48.5 Å². The number of morpholine rings is 1. The molecule has 6 nitrogen and oxygen atoms in total. The normalized spacial score (nSPS) is 27.0. The van der Waals surface area contributed by atoms with Gasteiger partial charge in [0, 0.05) is 31.3 Å². The second-order valence-electron chi connectivity index (χ2n) is 5.93. The first-order valence-electron chi connectivity index (χ1n) is 8.07. The van der Waals surface area contributed by atoms with E-state index in [1.54, 1.807) is 18.6 Å². The molecule has 0 aromatic carbocycles. The van der Waals surface area contributed by atoms with Crippen molar-refractivity contribution in [1.82, 2.24) is 15.0 Å². The van der Waals surface area contributed by atoms with Gasteiger partial charge in [0.2, 0.25) is 5.95 Å². The van der Waals surface area contributed by atoms with E-state index in [-0.39, 0.29) is 12.2 Å². The average molecular weight is 312 g/mol. The third-order valence-corrected chi connectivity index (χ3v) is 4.53. The molecule has 0 radical (unpaired) electrons. The van der Waals surface area contributed by atoms with Crippen molar-refractivity contribution >= 4 is 5.95 Å². The van der Waals surface area contributed by atoms with Gasteiger partial charge in [0.05, 0.1) is 25.4 Å². The molecule has 0 spiro atoms. The summed E-state index contributed by atoms with van der Waals surface area (Å²) in [6.07, 6.45) is 9.45. The summed E-state index contributed by atoms with van der Waals surface area (Å²) in [4.78, 5) is 15.2. The number of fused-ring (bicyclic) bond motifs is 1. The van der Waals surface area contributed by atoms with Crippen LogP contribution in [0.4, 0.5) is 5.95 Å². The number of hydrogen-bond donors (Lipinski definition) is 0. The highest BCUT2D eigenvalue weighted by atomic mass is 16.5. The third-order valence-electron chi connectivity index (χ3n) is 4.53. The van der Waals surface area contributed by atoms with Crippen molar-refractivity contribution < 1.29 is 9.47 Å². The van der Waals surface area contributed by atoms with Crippen LogP contribution in [0.25, 0.3) is 0 Å². The molecule has 1 aliphatic heterocycles. The minimum absolute atomic E-state index is 0.0872. The third kappa shape index (κ3) is 3.04. The van der Waals surface area contributed by atoms with Crippen LogP contribution in [0.5, 0.6) is 0 Å². The lowest BCUT2D eigenvalue weighted by Gasteiger charge is -2.39. The van der Waals surface area contributed by atoms with Crippen LogP contribution in [0.15, 0.2) is 43.0 Å². The number of aromatic nitrogens is 3. The van der Waals surface area contributed by atoms with Gasteiger partial charge in [-0.3, -0.25) is 4.98 Å². The van der Waals surface area contributed by atoms with Crippen molar-refractivity contribution in [3.63, 3.8) is 0 Å². The standard InChI is InChI=1S/C17H20N4O2/c1-3-13(11-18-6-1)12-23-15-5-4-14-16(15)22-10-9-21(14)17-19-7-2-8-20-17/h1-3,6-8,11,14-16H,4-5,9-10,12H2/t14-,15-,16-/m0/s1. The number of anilines is 1. The SMILES string of the molecule is c1cnc(N2CCO[C@@H]3[C@@H](OCc4cccnc4)CC[C@@H]32)nc1. The molecule has 0 bridgehead atoms. The van der Waals surface area contributed by atoms with Gasteiger partial charge in [0.25, 0.3) is 0 Å².